The first-order chi connectivity index (χ1) is 8.69. The number of nitrogens with one attached hydrogen (secondary N) is 1. The first-order valence-corrected chi connectivity index (χ1v) is 5.96. The van der Waals surface area contributed by atoms with Crippen LogP contribution in [0.25, 0.3) is 0 Å². The molecule has 1 N–H and O–H groups in total. The van der Waals surface area contributed by atoms with Crippen LogP contribution in [0.4, 0.5) is 5.82 Å². The van der Waals surface area contributed by atoms with Gasteiger partial charge in [0.1, 0.15) is 17.9 Å². The van der Waals surface area contributed by atoms with Gasteiger partial charge in [0, 0.05) is 13.1 Å². The topological polar surface area (TPSA) is 47.0 Å². The first kappa shape index (κ1) is 12.4. The van der Waals surface area contributed by atoms with Crippen molar-refractivity contribution in [1.29, 1.82) is 0 Å². The predicted molar refractivity (Wildman–Crippen MR) is 72.2 cm³/mol. The summed E-state index contributed by atoms with van der Waals surface area (Å²) in [5, 5.41) is 2.95. The standard InChI is InChI=1S/C14H17N3O/c1-10(2)11-5-4-6-12(7-11)18-14-8-13(15-3)16-9-17-14/h4-10H,1-3H3,(H,15,16,17). The fourth-order valence-electron chi connectivity index (χ4n) is 1.59. The van der Waals surface area contributed by atoms with E-state index in [9.17, 15) is 0 Å². The molecule has 0 amide bonds. The molecule has 4 nitrogen and oxygen atoms in total. The minimum absolute atomic E-state index is 0.479. The Bertz CT molecular complexity index is 526. The molecule has 4 heteroatoms. The van der Waals surface area contributed by atoms with Gasteiger partial charge in [-0.1, -0.05) is 26.0 Å². The van der Waals surface area contributed by atoms with Crippen LogP contribution in [0, 0.1) is 0 Å². The molecule has 0 saturated heterocycles. The molecule has 0 aliphatic rings. The highest BCUT2D eigenvalue weighted by atomic mass is 16.5. The van der Waals surface area contributed by atoms with Crippen LogP contribution in [0.15, 0.2) is 36.7 Å². The molecule has 1 aromatic carbocycles. The normalized spacial score (nSPS) is 10.4. The van der Waals surface area contributed by atoms with Crippen molar-refractivity contribution in [1.82, 2.24) is 9.97 Å². The second kappa shape index (κ2) is 5.49. The Morgan fingerprint density at radius 3 is 2.72 bits per heavy atom. The average Bonchev–Trinajstić information content (AvgIpc) is 2.39. The number of ether oxygens (including phenoxy) is 1. The molecule has 0 unspecified atom stereocenters. The smallest absolute Gasteiger partial charge is 0.224 e. The molecular weight excluding hydrogens is 226 g/mol. The Hall–Kier alpha value is -2.10. The van der Waals surface area contributed by atoms with Crippen LogP contribution in [-0.4, -0.2) is 17.0 Å². The highest BCUT2D eigenvalue weighted by Gasteiger charge is 2.03. The molecule has 0 saturated carbocycles. The van der Waals surface area contributed by atoms with Gasteiger partial charge in [0.25, 0.3) is 0 Å². The third-order valence-electron chi connectivity index (χ3n) is 2.65. The van der Waals surface area contributed by atoms with Gasteiger partial charge in [-0.2, -0.15) is 0 Å². The second-order valence-corrected chi connectivity index (χ2v) is 4.32. The minimum atomic E-state index is 0.479. The highest BCUT2D eigenvalue weighted by molar-refractivity contribution is 5.39. The van der Waals surface area contributed by atoms with Crippen molar-refractivity contribution in [3.05, 3.63) is 42.2 Å². The summed E-state index contributed by atoms with van der Waals surface area (Å²) >= 11 is 0. The largest absolute Gasteiger partial charge is 0.439 e. The molecule has 0 aliphatic carbocycles. The average molecular weight is 243 g/mol. The fourth-order valence-corrected chi connectivity index (χ4v) is 1.59. The summed E-state index contributed by atoms with van der Waals surface area (Å²) < 4.78 is 5.72. The summed E-state index contributed by atoms with van der Waals surface area (Å²) in [6.07, 6.45) is 1.48. The summed E-state index contributed by atoms with van der Waals surface area (Å²) in [6.45, 7) is 4.31. The number of anilines is 1. The molecule has 2 rings (SSSR count). The van der Waals surface area contributed by atoms with Gasteiger partial charge in [-0.25, -0.2) is 9.97 Å². The highest BCUT2D eigenvalue weighted by Crippen LogP contribution is 2.24. The van der Waals surface area contributed by atoms with Crippen LogP contribution in [0.5, 0.6) is 11.6 Å². The summed E-state index contributed by atoms with van der Waals surface area (Å²) in [6, 6.07) is 9.81. The van der Waals surface area contributed by atoms with E-state index in [1.54, 1.807) is 6.07 Å². The molecule has 18 heavy (non-hydrogen) atoms. The van der Waals surface area contributed by atoms with Crippen LogP contribution in [0.2, 0.25) is 0 Å². The molecule has 0 spiro atoms. The van der Waals surface area contributed by atoms with E-state index in [-0.39, 0.29) is 0 Å². The third-order valence-corrected chi connectivity index (χ3v) is 2.65. The van der Waals surface area contributed by atoms with Crippen LogP contribution < -0.4 is 10.1 Å². The number of nitrogens with zero attached hydrogens (tertiary/aromatic N) is 2. The lowest BCUT2D eigenvalue weighted by molar-refractivity contribution is 0.461. The molecular formula is C14H17N3O. The van der Waals surface area contributed by atoms with E-state index in [0.717, 1.165) is 11.6 Å². The second-order valence-electron chi connectivity index (χ2n) is 4.32. The van der Waals surface area contributed by atoms with Crippen LogP contribution in [-0.2, 0) is 0 Å². The van der Waals surface area contributed by atoms with Crippen LogP contribution >= 0.6 is 0 Å². The monoisotopic (exact) mass is 243 g/mol. The van der Waals surface area contributed by atoms with Gasteiger partial charge in [-0.15, -0.1) is 0 Å². The van der Waals surface area contributed by atoms with Crippen molar-refractivity contribution in [2.24, 2.45) is 0 Å². The summed E-state index contributed by atoms with van der Waals surface area (Å²) in [5.74, 6) is 2.55. The van der Waals surface area contributed by atoms with E-state index < -0.39 is 0 Å². The van der Waals surface area contributed by atoms with Gasteiger partial charge in [0.05, 0.1) is 0 Å². The van der Waals surface area contributed by atoms with E-state index in [1.165, 1.54) is 11.9 Å². The molecule has 2 aromatic rings. The van der Waals surface area contributed by atoms with Gasteiger partial charge >= 0.3 is 0 Å². The van der Waals surface area contributed by atoms with Gasteiger partial charge in [0.2, 0.25) is 5.88 Å². The van der Waals surface area contributed by atoms with Crippen LogP contribution in [0.3, 0.4) is 0 Å². The lowest BCUT2D eigenvalue weighted by Gasteiger charge is -2.09. The molecule has 0 radical (unpaired) electrons. The lowest BCUT2D eigenvalue weighted by atomic mass is 10.0. The van der Waals surface area contributed by atoms with Crippen molar-refractivity contribution >= 4 is 5.82 Å². The molecule has 0 atom stereocenters. The van der Waals surface area contributed by atoms with E-state index in [4.69, 9.17) is 4.74 Å². The van der Waals surface area contributed by atoms with Crippen molar-refractivity contribution in [2.75, 3.05) is 12.4 Å². The third kappa shape index (κ3) is 2.97. The molecule has 1 heterocycles. The van der Waals surface area contributed by atoms with Gasteiger partial charge < -0.3 is 10.1 Å². The number of aromatic nitrogens is 2. The number of hydrogen-bond donors (Lipinski definition) is 1. The first-order valence-electron chi connectivity index (χ1n) is 5.96. The predicted octanol–water partition coefficient (Wildman–Crippen LogP) is 3.43. The maximum Gasteiger partial charge on any atom is 0.224 e. The quantitative estimate of drug-likeness (QED) is 0.893. The number of benzene rings is 1. The molecule has 94 valence electrons. The van der Waals surface area contributed by atoms with Crippen LogP contribution in [0.1, 0.15) is 25.3 Å². The number of hydrogen-bond acceptors (Lipinski definition) is 4. The molecule has 0 bridgehead atoms. The summed E-state index contributed by atoms with van der Waals surface area (Å²) in [7, 11) is 1.81. The Balaban J connectivity index is 2.20. The molecule has 0 aliphatic heterocycles. The van der Waals surface area contributed by atoms with E-state index in [1.807, 2.05) is 25.2 Å². The SMILES string of the molecule is CNc1cc(Oc2cccc(C(C)C)c2)ncn1. The fraction of sp³-hybridized carbons (Fsp3) is 0.286. The zero-order chi connectivity index (χ0) is 13.0. The molecule has 0 fully saturated rings. The number of rotatable bonds is 4. The van der Waals surface area contributed by atoms with Gasteiger partial charge in [-0.3, -0.25) is 0 Å². The Morgan fingerprint density at radius 1 is 1.17 bits per heavy atom. The Morgan fingerprint density at radius 2 is 2.00 bits per heavy atom. The van der Waals surface area contributed by atoms with Crippen molar-refractivity contribution in [3.63, 3.8) is 0 Å². The van der Waals surface area contributed by atoms with E-state index in [2.05, 4.69) is 35.2 Å². The Labute approximate surface area is 107 Å². The van der Waals surface area contributed by atoms with Crippen molar-refractivity contribution < 1.29 is 4.74 Å². The Kier molecular flexibility index (Phi) is 3.77. The summed E-state index contributed by atoms with van der Waals surface area (Å²) in [4.78, 5) is 8.13. The van der Waals surface area contributed by atoms with Crippen molar-refractivity contribution in [2.45, 2.75) is 19.8 Å². The van der Waals surface area contributed by atoms with Gasteiger partial charge in [0.15, 0.2) is 0 Å². The maximum absolute atomic E-state index is 5.72. The molecule has 1 aromatic heterocycles. The van der Waals surface area contributed by atoms with E-state index in [0.29, 0.717) is 11.8 Å². The van der Waals surface area contributed by atoms with Crippen molar-refractivity contribution in [3.8, 4) is 11.6 Å². The summed E-state index contributed by atoms with van der Waals surface area (Å²) in [5.41, 5.74) is 1.25. The minimum Gasteiger partial charge on any atom is -0.439 e. The lowest BCUT2D eigenvalue weighted by Crippen LogP contribution is -1.95. The zero-order valence-electron chi connectivity index (χ0n) is 10.8. The van der Waals surface area contributed by atoms with E-state index >= 15 is 0 Å². The van der Waals surface area contributed by atoms with Gasteiger partial charge in [-0.05, 0) is 23.6 Å². The maximum atomic E-state index is 5.72. The zero-order valence-corrected chi connectivity index (χ0v) is 10.8.